The Balaban J connectivity index is 1.91. The van der Waals surface area contributed by atoms with Gasteiger partial charge < -0.3 is 15.3 Å². The third-order valence-corrected chi connectivity index (χ3v) is 3.73. The van der Waals surface area contributed by atoms with Crippen LogP contribution >= 0.6 is 0 Å². The maximum absolute atomic E-state index is 12.1. The van der Waals surface area contributed by atoms with Gasteiger partial charge in [-0.15, -0.1) is 0 Å². The van der Waals surface area contributed by atoms with Gasteiger partial charge >= 0.3 is 0 Å². The Morgan fingerprint density at radius 2 is 2.19 bits per heavy atom. The summed E-state index contributed by atoms with van der Waals surface area (Å²) in [6, 6.07) is 0.0306. The first kappa shape index (κ1) is 11.9. The second-order valence-electron chi connectivity index (χ2n) is 5.32. The summed E-state index contributed by atoms with van der Waals surface area (Å²) in [6.45, 7) is 4.33. The lowest BCUT2D eigenvalue weighted by Crippen LogP contribution is -2.44. The normalized spacial score (nSPS) is 36.1. The van der Waals surface area contributed by atoms with Crippen LogP contribution in [0, 0.1) is 0 Å². The highest BCUT2D eigenvalue weighted by Crippen LogP contribution is 2.22. The summed E-state index contributed by atoms with van der Waals surface area (Å²) in [5.74, 6) is 0.232. The molecule has 2 rings (SSSR count). The first-order valence-electron chi connectivity index (χ1n) is 6.33. The summed E-state index contributed by atoms with van der Waals surface area (Å²) in [4.78, 5) is 14.1. The van der Waals surface area contributed by atoms with Crippen LogP contribution in [0.3, 0.4) is 0 Å². The molecule has 2 N–H and O–H groups in total. The van der Waals surface area contributed by atoms with Crippen molar-refractivity contribution in [3.63, 3.8) is 0 Å². The first-order chi connectivity index (χ1) is 7.58. The van der Waals surface area contributed by atoms with E-state index < -0.39 is 5.60 Å². The Hall–Kier alpha value is -0.610. The molecule has 0 aromatic rings. The molecule has 2 heterocycles. The van der Waals surface area contributed by atoms with Crippen LogP contribution in [0.2, 0.25) is 0 Å². The molecular weight excluding hydrogens is 204 g/mol. The lowest BCUT2D eigenvalue weighted by Gasteiger charge is -2.25. The van der Waals surface area contributed by atoms with Crippen molar-refractivity contribution >= 4 is 5.91 Å². The number of hydrogen-bond donors (Lipinski definition) is 2. The standard InChI is InChI=1S/C12H22N2O2/c1-12(16)5-3-8-14(9-6-12)11(15)10-4-2-7-13-10/h10,13,16H,2-9H2,1H3. The highest BCUT2D eigenvalue weighted by Gasteiger charge is 2.31. The van der Waals surface area contributed by atoms with Crippen molar-refractivity contribution in [3.05, 3.63) is 0 Å². The van der Waals surface area contributed by atoms with E-state index in [1.807, 2.05) is 11.8 Å². The number of nitrogens with one attached hydrogen (secondary N) is 1. The topological polar surface area (TPSA) is 52.6 Å². The molecule has 0 aliphatic carbocycles. The number of carbonyl (C=O) groups is 1. The fraction of sp³-hybridized carbons (Fsp3) is 0.917. The minimum absolute atomic E-state index is 0.0306. The van der Waals surface area contributed by atoms with Gasteiger partial charge in [0, 0.05) is 13.1 Å². The maximum Gasteiger partial charge on any atom is 0.239 e. The minimum atomic E-state index is -0.585. The van der Waals surface area contributed by atoms with Gasteiger partial charge in [0.15, 0.2) is 0 Å². The van der Waals surface area contributed by atoms with Crippen molar-refractivity contribution in [2.24, 2.45) is 0 Å². The molecule has 2 unspecified atom stereocenters. The Labute approximate surface area is 97.0 Å². The summed E-state index contributed by atoms with van der Waals surface area (Å²) in [6.07, 6.45) is 4.47. The molecule has 4 nitrogen and oxygen atoms in total. The molecule has 2 saturated heterocycles. The maximum atomic E-state index is 12.1. The average molecular weight is 226 g/mol. The van der Waals surface area contributed by atoms with Crippen LogP contribution in [-0.4, -0.2) is 47.2 Å². The number of hydrogen-bond acceptors (Lipinski definition) is 3. The summed E-state index contributed by atoms with van der Waals surface area (Å²) >= 11 is 0. The van der Waals surface area contributed by atoms with E-state index >= 15 is 0 Å². The Bertz CT molecular complexity index is 260. The van der Waals surface area contributed by atoms with E-state index in [1.54, 1.807) is 0 Å². The monoisotopic (exact) mass is 226 g/mol. The fourth-order valence-corrected chi connectivity index (χ4v) is 2.60. The second kappa shape index (κ2) is 4.72. The molecule has 0 radical (unpaired) electrons. The van der Waals surface area contributed by atoms with Crippen molar-refractivity contribution in [1.82, 2.24) is 10.2 Å². The molecule has 16 heavy (non-hydrogen) atoms. The van der Waals surface area contributed by atoms with Crippen LogP contribution in [0.1, 0.15) is 39.0 Å². The number of carbonyl (C=O) groups excluding carboxylic acids is 1. The molecule has 0 bridgehead atoms. The van der Waals surface area contributed by atoms with Gasteiger partial charge in [-0.3, -0.25) is 4.79 Å². The smallest absolute Gasteiger partial charge is 0.239 e. The van der Waals surface area contributed by atoms with Crippen LogP contribution in [0.25, 0.3) is 0 Å². The zero-order valence-corrected chi connectivity index (χ0v) is 10.0. The summed E-state index contributed by atoms with van der Waals surface area (Å²) in [7, 11) is 0. The Kier molecular flexibility index (Phi) is 3.50. The highest BCUT2D eigenvalue weighted by molar-refractivity contribution is 5.82. The molecule has 1 amide bonds. The zero-order valence-electron chi connectivity index (χ0n) is 10.0. The van der Waals surface area contributed by atoms with E-state index in [0.717, 1.165) is 38.8 Å². The van der Waals surface area contributed by atoms with Crippen molar-refractivity contribution in [1.29, 1.82) is 0 Å². The van der Waals surface area contributed by atoms with Gasteiger partial charge in [0.2, 0.25) is 5.91 Å². The molecule has 92 valence electrons. The zero-order chi connectivity index (χ0) is 11.6. The molecule has 0 aromatic carbocycles. The molecule has 0 spiro atoms. The fourth-order valence-electron chi connectivity index (χ4n) is 2.60. The van der Waals surface area contributed by atoms with E-state index in [2.05, 4.69) is 5.32 Å². The molecule has 2 aliphatic rings. The second-order valence-corrected chi connectivity index (χ2v) is 5.32. The largest absolute Gasteiger partial charge is 0.390 e. The van der Waals surface area contributed by atoms with Gasteiger partial charge in [-0.1, -0.05) is 0 Å². The predicted molar refractivity (Wildman–Crippen MR) is 62.1 cm³/mol. The lowest BCUT2D eigenvalue weighted by molar-refractivity contribution is -0.133. The number of nitrogens with zero attached hydrogens (tertiary/aromatic N) is 1. The van der Waals surface area contributed by atoms with Crippen LogP contribution in [0.5, 0.6) is 0 Å². The van der Waals surface area contributed by atoms with Gasteiger partial charge in [-0.05, 0) is 45.6 Å². The highest BCUT2D eigenvalue weighted by atomic mass is 16.3. The minimum Gasteiger partial charge on any atom is -0.390 e. The first-order valence-corrected chi connectivity index (χ1v) is 6.33. The van der Waals surface area contributed by atoms with Gasteiger partial charge in [-0.25, -0.2) is 0 Å². The van der Waals surface area contributed by atoms with Crippen LogP contribution in [0.15, 0.2) is 0 Å². The molecular formula is C12H22N2O2. The Morgan fingerprint density at radius 3 is 2.88 bits per heavy atom. The van der Waals surface area contributed by atoms with E-state index in [0.29, 0.717) is 13.0 Å². The van der Waals surface area contributed by atoms with Crippen molar-refractivity contribution in [2.75, 3.05) is 19.6 Å². The van der Waals surface area contributed by atoms with Crippen LogP contribution in [-0.2, 0) is 4.79 Å². The summed E-state index contributed by atoms with van der Waals surface area (Å²) in [5, 5.41) is 13.2. The van der Waals surface area contributed by atoms with Crippen LogP contribution < -0.4 is 5.32 Å². The van der Waals surface area contributed by atoms with Crippen molar-refractivity contribution in [2.45, 2.75) is 50.7 Å². The van der Waals surface area contributed by atoms with Crippen LogP contribution in [0.4, 0.5) is 0 Å². The van der Waals surface area contributed by atoms with Gasteiger partial charge in [0.1, 0.15) is 0 Å². The number of likely N-dealkylation sites (tertiary alicyclic amines) is 1. The third kappa shape index (κ3) is 2.74. The van der Waals surface area contributed by atoms with Gasteiger partial charge in [0.25, 0.3) is 0 Å². The number of aliphatic hydroxyl groups is 1. The molecule has 2 aliphatic heterocycles. The average Bonchev–Trinajstić information content (AvgIpc) is 2.69. The lowest BCUT2D eigenvalue weighted by atomic mass is 9.98. The van der Waals surface area contributed by atoms with Crippen molar-refractivity contribution in [3.8, 4) is 0 Å². The molecule has 0 aromatic heterocycles. The predicted octanol–water partition coefficient (Wildman–Crippen LogP) is 0.502. The number of amides is 1. The van der Waals surface area contributed by atoms with E-state index in [1.165, 1.54) is 0 Å². The van der Waals surface area contributed by atoms with Gasteiger partial charge in [-0.2, -0.15) is 0 Å². The third-order valence-electron chi connectivity index (χ3n) is 3.73. The molecule has 4 heteroatoms. The molecule has 0 saturated carbocycles. The van der Waals surface area contributed by atoms with E-state index in [9.17, 15) is 9.90 Å². The van der Waals surface area contributed by atoms with E-state index in [-0.39, 0.29) is 11.9 Å². The number of rotatable bonds is 1. The summed E-state index contributed by atoms with van der Waals surface area (Å²) in [5.41, 5.74) is -0.585. The van der Waals surface area contributed by atoms with Crippen molar-refractivity contribution < 1.29 is 9.90 Å². The summed E-state index contributed by atoms with van der Waals surface area (Å²) < 4.78 is 0. The SMILES string of the molecule is CC1(O)CCCN(C(=O)C2CCCN2)CC1. The van der Waals surface area contributed by atoms with E-state index in [4.69, 9.17) is 0 Å². The molecule has 2 fully saturated rings. The Morgan fingerprint density at radius 1 is 1.38 bits per heavy atom. The van der Waals surface area contributed by atoms with Gasteiger partial charge in [0.05, 0.1) is 11.6 Å². The quantitative estimate of drug-likeness (QED) is 0.684. The molecule has 2 atom stereocenters.